The predicted octanol–water partition coefficient (Wildman–Crippen LogP) is 4.77. The average molecular weight is 359 g/mol. The first kappa shape index (κ1) is 15.1. The second kappa shape index (κ2) is 6.13. The number of aromatic nitrogens is 1. The van der Waals surface area contributed by atoms with Crippen LogP contribution in [0.1, 0.15) is 30.3 Å². The fourth-order valence-electron chi connectivity index (χ4n) is 3.10. The molecule has 0 radical (unpaired) electrons. The maximum atomic E-state index is 12.4. The molecule has 22 heavy (non-hydrogen) atoms. The van der Waals surface area contributed by atoms with Gasteiger partial charge in [-0.1, -0.05) is 18.2 Å². The zero-order chi connectivity index (χ0) is 15.7. The first-order chi connectivity index (χ1) is 10.6. The second-order valence-corrected chi connectivity index (χ2v) is 6.60. The van der Waals surface area contributed by atoms with E-state index in [0.717, 1.165) is 28.6 Å². The fourth-order valence-corrected chi connectivity index (χ4v) is 3.49. The summed E-state index contributed by atoms with van der Waals surface area (Å²) in [6.45, 7) is 4.23. The van der Waals surface area contributed by atoms with Gasteiger partial charge in [0.1, 0.15) is 0 Å². The van der Waals surface area contributed by atoms with Crippen molar-refractivity contribution in [3.05, 3.63) is 63.9 Å². The van der Waals surface area contributed by atoms with Crippen LogP contribution in [-0.2, 0) is 4.79 Å². The van der Waals surface area contributed by atoms with Gasteiger partial charge in [0, 0.05) is 27.5 Å². The molecular weight excluding hydrogens is 340 g/mol. The highest BCUT2D eigenvalue weighted by Gasteiger charge is 2.24. The van der Waals surface area contributed by atoms with Crippen molar-refractivity contribution in [3.63, 3.8) is 0 Å². The van der Waals surface area contributed by atoms with Gasteiger partial charge in [0.15, 0.2) is 0 Å². The number of para-hydroxylation sites is 1. The van der Waals surface area contributed by atoms with Crippen molar-refractivity contribution in [1.82, 2.24) is 4.57 Å². The molecular formula is C18H19BrN2O. The van der Waals surface area contributed by atoms with E-state index in [0.29, 0.717) is 6.04 Å². The molecule has 1 atom stereocenters. The molecule has 1 aromatic carbocycles. The van der Waals surface area contributed by atoms with Gasteiger partial charge in [-0.2, -0.15) is 0 Å². The number of amides is 1. The molecule has 1 N–H and O–H groups in total. The third kappa shape index (κ3) is 2.88. The molecule has 3 rings (SSSR count). The highest BCUT2D eigenvalue weighted by atomic mass is 79.9. The average Bonchev–Trinajstić information content (AvgIpc) is 3.08. The van der Waals surface area contributed by atoms with E-state index in [1.54, 1.807) is 0 Å². The van der Waals surface area contributed by atoms with E-state index in [9.17, 15) is 4.79 Å². The van der Waals surface area contributed by atoms with Gasteiger partial charge in [-0.05, 0) is 66.9 Å². The molecule has 0 bridgehead atoms. The topological polar surface area (TPSA) is 34.0 Å². The maximum absolute atomic E-state index is 12.4. The Hall–Kier alpha value is -1.81. The first-order valence-corrected chi connectivity index (χ1v) is 8.25. The van der Waals surface area contributed by atoms with Crippen molar-refractivity contribution in [2.45, 2.75) is 32.7 Å². The smallest absolute Gasteiger partial charge is 0.251 e. The molecule has 1 aliphatic carbocycles. The van der Waals surface area contributed by atoms with Crippen molar-refractivity contribution in [2.24, 2.45) is 0 Å². The van der Waals surface area contributed by atoms with Crippen molar-refractivity contribution in [1.29, 1.82) is 0 Å². The number of carbonyl (C=O) groups excluding carboxylic acids is 1. The van der Waals surface area contributed by atoms with Crippen molar-refractivity contribution < 1.29 is 4.79 Å². The number of nitrogens with one attached hydrogen (secondary N) is 1. The third-order valence-corrected chi connectivity index (χ3v) is 4.89. The van der Waals surface area contributed by atoms with E-state index < -0.39 is 0 Å². The molecule has 2 aromatic rings. The van der Waals surface area contributed by atoms with E-state index in [4.69, 9.17) is 0 Å². The van der Waals surface area contributed by atoms with Crippen LogP contribution in [0, 0.1) is 13.8 Å². The maximum Gasteiger partial charge on any atom is 0.251 e. The summed E-state index contributed by atoms with van der Waals surface area (Å²) < 4.78 is 3.23. The summed E-state index contributed by atoms with van der Waals surface area (Å²) in [6.07, 6.45) is 3.76. The van der Waals surface area contributed by atoms with Gasteiger partial charge in [-0.25, -0.2) is 0 Å². The standard InChI is InChI=1S/C18H19BrN2O/c1-12-7-8-13(2)21(12)15-10-9-14(11-15)18(22)20-17-6-4-3-5-16(17)19/h3-9,15H,10-11H2,1-2H3,(H,20,22)/t15-/m1/s1. The van der Waals surface area contributed by atoms with Crippen LogP contribution in [0.15, 0.2) is 52.5 Å². The van der Waals surface area contributed by atoms with Gasteiger partial charge in [-0.3, -0.25) is 4.79 Å². The minimum atomic E-state index is -0.00291. The number of rotatable bonds is 3. The SMILES string of the molecule is Cc1ccc(C)n1[C@@H]1CC=C(C(=O)Nc2ccccc2Br)C1. The number of anilines is 1. The lowest BCUT2D eigenvalue weighted by atomic mass is 10.1. The molecule has 1 aliphatic rings. The molecule has 1 heterocycles. The van der Waals surface area contributed by atoms with Crippen LogP contribution in [0.25, 0.3) is 0 Å². The summed E-state index contributed by atoms with van der Waals surface area (Å²) in [4.78, 5) is 12.4. The minimum Gasteiger partial charge on any atom is -0.346 e. The Morgan fingerprint density at radius 2 is 1.86 bits per heavy atom. The van der Waals surface area contributed by atoms with E-state index in [-0.39, 0.29) is 5.91 Å². The summed E-state index contributed by atoms with van der Waals surface area (Å²) >= 11 is 3.46. The van der Waals surface area contributed by atoms with E-state index >= 15 is 0 Å². The lowest BCUT2D eigenvalue weighted by molar-refractivity contribution is -0.113. The summed E-state index contributed by atoms with van der Waals surface area (Å²) in [5.74, 6) is -0.00291. The third-order valence-electron chi connectivity index (χ3n) is 4.20. The number of allylic oxidation sites excluding steroid dienone is 1. The Morgan fingerprint density at radius 3 is 2.55 bits per heavy atom. The first-order valence-electron chi connectivity index (χ1n) is 7.45. The van der Waals surface area contributed by atoms with Gasteiger partial charge in [-0.15, -0.1) is 0 Å². The molecule has 0 saturated heterocycles. The minimum absolute atomic E-state index is 0.00291. The highest BCUT2D eigenvalue weighted by molar-refractivity contribution is 9.10. The van der Waals surface area contributed by atoms with E-state index in [2.05, 4.69) is 57.9 Å². The van der Waals surface area contributed by atoms with Crippen LogP contribution in [-0.4, -0.2) is 10.5 Å². The lowest BCUT2D eigenvalue weighted by Gasteiger charge is -2.18. The van der Waals surface area contributed by atoms with Gasteiger partial charge in [0.2, 0.25) is 0 Å². The number of aryl methyl sites for hydroxylation is 2. The van der Waals surface area contributed by atoms with Crippen LogP contribution >= 0.6 is 15.9 Å². The van der Waals surface area contributed by atoms with Crippen molar-refractivity contribution in [3.8, 4) is 0 Å². The molecule has 4 heteroatoms. The second-order valence-electron chi connectivity index (χ2n) is 5.74. The number of halogens is 1. The van der Waals surface area contributed by atoms with Crippen LogP contribution in [0.4, 0.5) is 5.69 Å². The summed E-state index contributed by atoms with van der Waals surface area (Å²) in [6, 6.07) is 12.3. The monoisotopic (exact) mass is 358 g/mol. The van der Waals surface area contributed by atoms with Crippen LogP contribution in [0.2, 0.25) is 0 Å². The van der Waals surface area contributed by atoms with Crippen LogP contribution in [0.3, 0.4) is 0 Å². The van der Waals surface area contributed by atoms with Crippen molar-refractivity contribution >= 4 is 27.5 Å². The largest absolute Gasteiger partial charge is 0.346 e. The Kier molecular flexibility index (Phi) is 4.21. The molecule has 0 fully saturated rings. The Balaban J connectivity index is 1.70. The number of carbonyl (C=O) groups is 1. The van der Waals surface area contributed by atoms with Crippen molar-refractivity contribution in [2.75, 3.05) is 5.32 Å². The zero-order valence-corrected chi connectivity index (χ0v) is 14.4. The van der Waals surface area contributed by atoms with Gasteiger partial charge in [0.25, 0.3) is 5.91 Å². The highest BCUT2D eigenvalue weighted by Crippen LogP contribution is 2.33. The predicted molar refractivity (Wildman–Crippen MR) is 93.0 cm³/mol. The molecule has 0 unspecified atom stereocenters. The molecule has 1 aromatic heterocycles. The van der Waals surface area contributed by atoms with Gasteiger partial charge >= 0.3 is 0 Å². The Labute approximate surface area is 139 Å². The molecule has 0 saturated carbocycles. The van der Waals surface area contributed by atoms with E-state index in [1.807, 2.05) is 24.3 Å². The number of hydrogen-bond acceptors (Lipinski definition) is 1. The molecule has 1 amide bonds. The Bertz CT molecular complexity index is 726. The molecule has 0 aliphatic heterocycles. The fraction of sp³-hybridized carbons (Fsp3) is 0.278. The summed E-state index contributed by atoms with van der Waals surface area (Å²) in [7, 11) is 0. The van der Waals surface area contributed by atoms with Crippen LogP contribution < -0.4 is 5.32 Å². The summed E-state index contributed by atoms with van der Waals surface area (Å²) in [5.41, 5.74) is 4.19. The summed E-state index contributed by atoms with van der Waals surface area (Å²) in [5, 5.41) is 2.98. The molecule has 114 valence electrons. The normalized spacial score (nSPS) is 17.4. The van der Waals surface area contributed by atoms with E-state index in [1.165, 1.54) is 11.4 Å². The molecule has 3 nitrogen and oxygen atoms in total. The van der Waals surface area contributed by atoms with Crippen LogP contribution in [0.5, 0.6) is 0 Å². The number of hydrogen-bond donors (Lipinski definition) is 1. The molecule has 0 spiro atoms. The van der Waals surface area contributed by atoms with Gasteiger partial charge < -0.3 is 9.88 Å². The lowest BCUT2D eigenvalue weighted by Crippen LogP contribution is -2.16. The number of benzene rings is 1. The van der Waals surface area contributed by atoms with Gasteiger partial charge in [0.05, 0.1) is 5.69 Å². The number of nitrogens with zero attached hydrogens (tertiary/aromatic N) is 1. The zero-order valence-electron chi connectivity index (χ0n) is 12.8. The quantitative estimate of drug-likeness (QED) is 0.842. The Morgan fingerprint density at radius 1 is 1.18 bits per heavy atom.